The number of methoxy groups -OCH3 is 1. The van der Waals surface area contributed by atoms with E-state index in [1.807, 2.05) is 49.4 Å². The van der Waals surface area contributed by atoms with E-state index in [4.69, 9.17) is 4.74 Å². The number of nitrogens with one attached hydrogen (secondary N) is 1. The van der Waals surface area contributed by atoms with Crippen molar-refractivity contribution in [2.24, 2.45) is 0 Å². The van der Waals surface area contributed by atoms with E-state index in [0.717, 1.165) is 27.5 Å². The zero-order chi connectivity index (χ0) is 22.8. The maximum absolute atomic E-state index is 13.3. The summed E-state index contributed by atoms with van der Waals surface area (Å²) >= 11 is 0. The molecule has 6 heteroatoms. The summed E-state index contributed by atoms with van der Waals surface area (Å²) in [6.07, 6.45) is -0.497. The van der Waals surface area contributed by atoms with Crippen LogP contribution in [0.4, 0.5) is 4.39 Å². The first kappa shape index (κ1) is 21.7. The molecule has 1 amide bonds. The molecular formula is C26H25FN2O3. The Balaban J connectivity index is 1.67. The number of rotatable bonds is 6. The van der Waals surface area contributed by atoms with Crippen molar-refractivity contribution in [3.8, 4) is 0 Å². The molecule has 0 saturated heterocycles. The monoisotopic (exact) mass is 432 g/mol. The highest BCUT2D eigenvalue weighted by molar-refractivity contribution is 5.97. The van der Waals surface area contributed by atoms with Crippen LogP contribution in [0, 0.1) is 5.82 Å². The van der Waals surface area contributed by atoms with Gasteiger partial charge < -0.3 is 9.64 Å². The highest BCUT2D eigenvalue weighted by Crippen LogP contribution is 2.29. The Hall–Kier alpha value is -3.51. The number of esters is 1. The van der Waals surface area contributed by atoms with Gasteiger partial charge in [-0.2, -0.15) is 0 Å². The van der Waals surface area contributed by atoms with Crippen LogP contribution in [0.15, 0.2) is 77.9 Å². The molecule has 0 aromatic heterocycles. The van der Waals surface area contributed by atoms with Gasteiger partial charge in [0, 0.05) is 12.1 Å². The maximum atomic E-state index is 13.3. The molecule has 0 unspecified atom stereocenters. The van der Waals surface area contributed by atoms with Crippen LogP contribution in [-0.2, 0) is 20.9 Å². The third kappa shape index (κ3) is 4.14. The average Bonchev–Trinajstić information content (AvgIpc) is 3.01. The number of benzene rings is 3. The van der Waals surface area contributed by atoms with Crippen LogP contribution in [0.2, 0.25) is 0 Å². The Morgan fingerprint density at radius 1 is 1.06 bits per heavy atom. The van der Waals surface area contributed by atoms with E-state index in [1.165, 1.54) is 19.2 Å². The zero-order valence-electron chi connectivity index (χ0n) is 18.3. The van der Waals surface area contributed by atoms with Crippen LogP contribution < -0.4 is 5.32 Å². The van der Waals surface area contributed by atoms with Gasteiger partial charge in [0.15, 0.2) is 0 Å². The standard InChI is InChI=1S/C26H25FN2O3/c1-16-17(2)25(30)29(15-18-8-12-22(27)13-9-18)24(16)28-23(26(31)32-3)21-11-10-19-6-4-5-7-20(19)14-21/h4-14,23-24,28H,15H2,1-3H3/t23-,24+/m0/s1. The van der Waals surface area contributed by atoms with Crippen LogP contribution >= 0.6 is 0 Å². The normalized spacial score (nSPS) is 17.2. The fourth-order valence-electron chi connectivity index (χ4n) is 4.07. The molecule has 164 valence electrons. The lowest BCUT2D eigenvalue weighted by molar-refractivity contribution is -0.144. The number of carbonyl (C=O) groups is 2. The van der Waals surface area contributed by atoms with Crippen molar-refractivity contribution in [2.75, 3.05) is 7.11 Å². The molecule has 1 aliphatic rings. The lowest BCUT2D eigenvalue weighted by Gasteiger charge is -2.31. The first-order valence-corrected chi connectivity index (χ1v) is 10.4. The van der Waals surface area contributed by atoms with Gasteiger partial charge in [0.05, 0.1) is 7.11 Å². The quantitative estimate of drug-likeness (QED) is 0.583. The SMILES string of the molecule is COC(=O)[C@@H](N[C@H]1C(C)=C(C)C(=O)N1Cc1ccc(F)cc1)c1ccc2ccccc2c1. The van der Waals surface area contributed by atoms with E-state index >= 15 is 0 Å². The minimum absolute atomic E-state index is 0.119. The van der Waals surface area contributed by atoms with Crippen LogP contribution in [-0.4, -0.2) is 30.1 Å². The fraction of sp³-hybridized carbons (Fsp3) is 0.231. The summed E-state index contributed by atoms with van der Waals surface area (Å²) < 4.78 is 18.4. The molecule has 3 aromatic carbocycles. The first-order chi connectivity index (χ1) is 15.4. The summed E-state index contributed by atoms with van der Waals surface area (Å²) in [6, 6.07) is 19.0. The van der Waals surface area contributed by atoms with Crippen molar-refractivity contribution >= 4 is 22.6 Å². The summed E-state index contributed by atoms with van der Waals surface area (Å²) in [5, 5.41) is 5.42. The molecule has 2 atom stereocenters. The minimum Gasteiger partial charge on any atom is -0.468 e. The summed E-state index contributed by atoms with van der Waals surface area (Å²) in [4.78, 5) is 27.4. The smallest absolute Gasteiger partial charge is 0.327 e. The van der Waals surface area contributed by atoms with Gasteiger partial charge in [0.1, 0.15) is 18.0 Å². The van der Waals surface area contributed by atoms with Gasteiger partial charge in [0.2, 0.25) is 0 Å². The largest absolute Gasteiger partial charge is 0.468 e. The number of halogens is 1. The highest BCUT2D eigenvalue weighted by atomic mass is 19.1. The van der Waals surface area contributed by atoms with Gasteiger partial charge in [-0.05, 0) is 59.5 Å². The average molecular weight is 432 g/mol. The molecule has 0 spiro atoms. The summed E-state index contributed by atoms with van der Waals surface area (Å²) in [5.74, 6) is -0.887. The van der Waals surface area contributed by atoms with Crippen molar-refractivity contribution in [3.05, 3.63) is 94.8 Å². The second-order valence-electron chi connectivity index (χ2n) is 8.00. The number of hydrogen-bond acceptors (Lipinski definition) is 4. The second kappa shape index (κ2) is 8.93. The number of fused-ring (bicyclic) bond motifs is 1. The third-order valence-electron chi connectivity index (χ3n) is 6.03. The van der Waals surface area contributed by atoms with Crippen molar-refractivity contribution in [1.29, 1.82) is 0 Å². The molecule has 4 rings (SSSR count). The topological polar surface area (TPSA) is 58.6 Å². The van der Waals surface area contributed by atoms with Gasteiger partial charge in [0.25, 0.3) is 5.91 Å². The minimum atomic E-state index is -0.765. The third-order valence-corrected chi connectivity index (χ3v) is 6.03. The van der Waals surface area contributed by atoms with Gasteiger partial charge in [-0.15, -0.1) is 0 Å². The molecule has 5 nitrogen and oxygen atoms in total. The van der Waals surface area contributed by atoms with Gasteiger partial charge in [-0.1, -0.05) is 48.5 Å². The van der Waals surface area contributed by atoms with Gasteiger partial charge in [-0.3, -0.25) is 10.1 Å². The molecule has 1 heterocycles. The summed E-state index contributed by atoms with van der Waals surface area (Å²) in [6.45, 7) is 3.95. The van der Waals surface area contributed by atoms with E-state index in [-0.39, 0.29) is 18.3 Å². The predicted octanol–water partition coefficient (Wildman–Crippen LogP) is 4.49. The Kier molecular flexibility index (Phi) is 6.06. The van der Waals surface area contributed by atoms with Gasteiger partial charge >= 0.3 is 5.97 Å². The van der Waals surface area contributed by atoms with E-state index in [1.54, 1.807) is 24.0 Å². The molecular weight excluding hydrogens is 407 g/mol. The van der Waals surface area contributed by atoms with Crippen LogP contribution in [0.1, 0.15) is 31.0 Å². The molecule has 0 bridgehead atoms. The zero-order valence-corrected chi connectivity index (χ0v) is 18.3. The van der Waals surface area contributed by atoms with E-state index in [0.29, 0.717) is 5.57 Å². The number of nitrogens with zero attached hydrogens (tertiary/aromatic N) is 1. The van der Waals surface area contributed by atoms with Gasteiger partial charge in [-0.25, -0.2) is 9.18 Å². The van der Waals surface area contributed by atoms with Crippen molar-refractivity contribution < 1.29 is 18.7 Å². The lowest BCUT2D eigenvalue weighted by atomic mass is 10.0. The van der Waals surface area contributed by atoms with Crippen LogP contribution in [0.25, 0.3) is 10.8 Å². The molecule has 0 fully saturated rings. The fourth-order valence-corrected chi connectivity index (χ4v) is 4.07. The molecule has 1 N–H and O–H groups in total. The van der Waals surface area contributed by atoms with E-state index < -0.39 is 18.2 Å². The lowest BCUT2D eigenvalue weighted by Crippen LogP contribution is -2.48. The summed E-state index contributed by atoms with van der Waals surface area (Å²) in [7, 11) is 1.35. The van der Waals surface area contributed by atoms with Crippen molar-refractivity contribution in [1.82, 2.24) is 10.2 Å². The number of carbonyl (C=O) groups excluding carboxylic acids is 2. The van der Waals surface area contributed by atoms with E-state index in [2.05, 4.69) is 5.32 Å². The molecule has 1 aliphatic heterocycles. The van der Waals surface area contributed by atoms with Crippen LogP contribution in [0.3, 0.4) is 0 Å². The van der Waals surface area contributed by atoms with Crippen LogP contribution in [0.5, 0.6) is 0 Å². The Bertz CT molecular complexity index is 1200. The molecule has 0 aliphatic carbocycles. The Labute approximate surface area is 186 Å². The molecule has 0 saturated carbocycles. The number of amides is 1. The Morgan fingerprint density at radius 3 is 2.44 bits per heavy atom. The second-order valence-corrected chi connectivity index (χ2v) is 8.00. The predicted molar refractivity (Wildman–Crippen MR) is 121 cm³/mol. The Morgan fingerprint density at radius 2 is 1.75 bits per heavy atom. The molecule has 0 radical (unpaired) electrons. The van der Waals surface area contributed by atoms with Crippen molar-refractivity contribution in [3.63, 3.8) is 0 Å². The van der Waals surface area contributed by atoms with E-state index in [9.17, 15) is 14.0 Å². The summed E-state index contributed by atoms with van der Waals surface area (Å²) in [5.41, 5.74) is 3.02. The maximum Gasteiger partial charge on any atom is 0.327 e. The molecule has 32 heavy (non-hydrogen) atoms. The number of ether oxygens (including phenoxy) is 1. The van der Waals surface area contributed by atoms with Crippen molar-refractivity contribution in [2.45, 2.75) is 32.6 Å². The highest BCUT2D eigenvalue weighted by Gasteiger charge is 2.37. The first-order valence-electron chi connectivity index (χ1n) is 10.4. The number of hydrogen-bond donors (Lipinski definition) is 1. The molecule has 3 aromatic rings.